The van der Waals surface area contributed by atoms with Crippen LogP contribution >= 0.6 is 0 Å². The zero-order valence-corrected chi connectivity index (χ0v) is 16.1. The summed E-state index contributed by atoms with van der Waals surface area (Å²) in [4.78, 5) is 22.3. The molecule has 0 aliphatic rings. The van der Waals surface area contributed by atoms with Gasteiger partial charge >= 0.3 is 0 Å². The summed E-state index contributed by atoms with van der Waals surface area (Å²) in [5.41, 5.74) is 0.994. The Bertz CT molecular complexity index is 516. The Labute approximate surface area is 152 Å². The molecule has 0 saturated heterocycles. The van der Waals surface area contributed by atoms with Crippen molar-refractivity contribution in [1.82, 2.24) is 20.5 Å². The normalized spacial score (nSPS) is 11.5. The highest BCUT2D eigenvalue weighted by molar-refractivity contribution is 5.86. The van der Waals surface area contributed by atoms with Gasteiger partial charge in [-0.1, -0.05) is 32.8 Å². The smallest absolute Gasteiger partial charge is 0.241 e. The van der Waals surface area contributed by atoms with Crippen molar-refractivity contribution in [3.8, 4) is 0 Å². The molecule has 1 aromatic rings. The van der Waals surface area contributed by atoms with Crippen LogP contribution in [-0.2, 0) is 11.2 Å². The van der Waals surface area contributed by atoms with Gasteiger partial charge in [0, 0.05) is 45.5 Å². The van der Waals surface area contributed by atoms with Gasteiger partial charge in [-0.2, -0.15) is 0 Å². The summed E-state index contributed by atoms with van der Waals surface area (Å²) in [6, 6.07) is 5.83. The summed E-state index contributed by atoms with van der Waals surface area (Å²) in [7, 11) is 3.54. The maximum absolute atomic E-state index is 12.2. The van der Waals surface area contributed by atoms with E-state index < -0.39 is 0 Å². The largest absolute Gasteiger partial charge is 0.356 e. The van der Waals surface area contributed by atoms with Crippen molar-refractivity contribution in [3.63, 3.8) is 0 Å². The minimum atomic E-state index is 0.0405. The quantitative estimate of drug-likeness (QED) is 0.386. The second-order valence-corrected chi connectivity index (χ2v) is 6.63. The topological polar surface area (TPSA) is 69.6 Å². The number of unbranched alkanes of at least 4 members (excludes halogenated alkanes) is 1. The SMILES string of the molecule is CN=C(NCCCCC(C)C)NCC(=O)N(C)CCc1ccccn1. The number of likely N-dealkylation sites (N-methyl/N-ethyl adjacent to an activating group) is 1. The van der Waals surface area contributed by atoms with E-state index in [1.165, 1.54) is 12.8 Å². The van der Waals surface area contributed by atoms with Crippen LogP contribution in [0.3, 0.4) is 0 Å². The molecule has 0 aliphatic heterocycles. The second kappa shape index (κ2) is 12.3. The molecule has 140 valence electrons. The van der Waals surface area contributed by atoms with E-state index >= 15 is 0 Å². The summed E-state index contributed by atoms with van der Waals surface area (Å²) in [6.45, 7) is 6.24. The zero-order chi connectivity index (χ0) is 18.5. The van der Waals surface area contributed by atoms with Gasteiger partial charge in [-0.05, 0) is 24.5 Å². The Morgan fingerprint density at radius 3 is 2.72 bits per heavy atom. The predicted molar refractivity (Wildman–Crippen MR) is 104 cm³/mol. The van der Waals surface area contributed by atoms with Gasteiger partial charge < -0.3 is 15.5 Å². The van der Waals surface area contributed by atoms with Crippen molar-refractivity contribution in [2.75, 3.05) is 33.7 Å². The Balaban J connectivity index is 2.21. The Kier molecular flexibility index (Phi) is 10.3. The minimum absolute atomic E-state index is 0.0405. The van der Waals surface area contributed by atoms with Crippen LogP contribution in [0.4, 0.5) is 0 Å². The molecule has 0 aromatic carbocycles. The third-order valence-electron chi connectivity index (χ3n) is 3.99. The third kappa shape index (κ3) is 9.69. The molecule has 1 aromatic heterocycles. The summed E-state index contributed by atoms with van der Waals surface area (Å²) in [6.07, 6.45) is 6.09. The molecule has 2 N–H and O–H groups in total. The molecule has 0 spiro atoms. The summed E-state index contributed by atoms with van der Waals surface area (Å²) < 4.78 is 0. The van der Waals surface area contributed by atoms with E-state index in [0.29, 0.717) is 12.5 Å². The van der Waals surface area contributed by atoms with Crippen LogP contribution in [0, 0.1) is 5.92 Å². The molecule has 0 bridgehead atoms. The van der Waals surface area contributed by atoms with Crippen LogP contribution in [0.2, 0.25) is 0 Å². The van der Waals surface area contributed by atoms with Crippen LogP contribution in [0.25, 0.3) is 0 Å². The number of nitrogens with one attached hydrogen (secondary N) is 2. The number of nitrogens with zero attached hydrogens (tertiary/aromatic N) is 3. The van der Waals surface area contributed by atoms with Crippen molar-refractivity contribution in [2.24, 2.45) is 10.9 Å². The number of carbonyl (C=O) groups is 1. The molecule has 0 radical (unpaired) electrons. The molecule has 0 unspecified atom stereocenters. The molecule has 0 atom stereocenters. The van der Waals surface area contributed by atoms with E-state index in [2.05, 4.69) is 34.5 Å². The molecule has 1 heterocycles. The second-order valence-electron chi connectivity index (χ2n) is 6.63. The monoisotopic (exact) mass is 347 g/mol. The van der Waals surface area contributed by atoms with Crippen molar-refractivity contribution in [3.05, 3.63) is 30.1 Å². The number of carbonyl (C=O) groups excluding carboxylic acids is 1. The van der Waals surface area contributed by atoms with Crippen molar-refractivity contribution in [1.29, 1.82) is 0 Å². The molecule has 6 heteroatoms. The molecule has 25 heavy (non-hydrogen) atoms. The first-order chi connectivity index (χ1) is 12.0. The molecular weight excluding hydrogens is 314 g/mol. The maximum Gasteiger partial charge on any atom is 0.241 e. The van der Waals surface area contributed by atoms with Gasteiger partial charge in [0.05, 0.1) is 6.54 Å². The lowest BCUT2D eigenvalue weighted by molar-refractivity contribution is -0.128. The van der Waals surface area contributed by atoms with Gasteiger partial charge in [-0.15, -0.1) is 0 Å². The van der Waals surface area contributed by atoms with Gasteiger partial charge in [0.15, 0.2) is 5.96 Å². The fraction of sp³-hybridized carbons (Fsp3) is 0.632. The highest BCUT2D eigenvalue weighted by atomic mass is 16.2. The van der Waals surface area contributed by atoms with E-state index in [1.54, 1.807) is 18.1 Å². The summed E-state index contributed by atoms with van der Waals surface area (Å²) in [5.74, 6) is 1.46. The van der Waals surface area contributed by atoms with Gasteiger partial charge in [0.2, 0.25) is 5.91 Å². The van der Waals surface area contributed by atoms with E-state index in [-0.39, 0.29) is 12.5 Å². The van der Waals surface area contributed by atoms with Gasteiger partial charge in [-0.3, -0.25) is 14.8 Å². The standard InChI is InChI=1S/C19H33N5O/c1-16(2)9-5-7-13-22-19(20-3)23-15-18(25)24(4)14-11-17-10-6-8-12-21-17/h6,8,10,12,16H,5,7,9,11,13-15H2,1-4H3,(H2,20,22,23). The van der Waals surface area contributed by atoms with Crippen molar-refractivity contribution in [2.45, 2.75) is 39.5 Å². The lowest BCUT2D eigenvalue weighted by Crippen LogP contribution is -2.44. The third-order valence-corrected chi connectivity index (χ3v) is 3.99. The van der Waals surface area contributed by atoms with Crippen molar-refractivity contribution < 1.29 is 4.79 Å². The number of rotatable bonds is 10. The van der Waals surface area contributed by atoms with Crippen LogP contribution < -0.4 is 10.6 Å². The maximum atomic E-state index is 12.2. The minimum Gasteiger partial charge on any atom is -0.356 e. The highest BCUT2D eigenvalue weighted by Gasteiger charge is 2.09. The van der Waals surface area contributed by atoms with E-state index in [0.717, 1.165) is 31.0 Å². The number of aromatic nitrogens is 1. The zero-order valence-electron chi connectivity index (χ0n) is 16.1. The van der Waals surface area contributed by atoms with Crippen molar-refractivity contribution >= 4 is 11.9 Å². The Hall–Kier alpha value is -2.11. The molecule has 0 saturated carbocycles. The number of aliphatic imine (C=N–C) groups is 1. The van der Waals surface area contributed by atoms with Gasteiger partial charge in [-0.25, -0.2) is 0 Å². The lowest BCUT2D eigenvalue weighted by Gasteiger charge is -2.18. The molecule has 0 fully saturated rings. The van der Waals surface area contributed by atoms with E-state index in [4.69, 9.17) is 0 Å². The highest BCUT2D eigenvalue weighted by Crippen LogP contribution is 2.04. The molecule has 6 nitrogen and oxygen atoms in total. The first-order valence-electron chi connectivity index (χ1n) is 9.11. The van der Waals surface area contributed by atoms with Crippen LogP contribution in [-0.4, -0.2) is 55.5 Å². The number of amides is 1. The number of hydrogen-bond donors (Lipinski definition) is 2. The van der Waals surface area contributed by atoms with E-state index in [1.807, 2.05) is 25.2 Å². The van der Waals surface area contributed by atoms with E-state index in [9.17, 15) is 4.79 Å². The molecule has 1 amide bonds. The molecule has 0 aliphatic carbocycles. The fourth-order valence-electron chi connectivity index (χ4n) is 2.35. The van der Waals surface area contributed by atoms with Crippen LogP contribution in [0.5, 0.6) is 0 Å². The lowest BCUT2D eigenvalue weighted by atomic mass is 10.1. The average molecular weight is 348 g/mol. The van der Waals surface area contributed by atoms with Gasteiger partial charge in [0.1, 0.15) is 0 Å². The summed E-state index contributed by atoms with van der Waals surface area (Å²) in [5, 5.41) is 6.33. The predicted octanol–water partition coefficient (Wildman–Crippen LogP) is 2.07. The first kappa shape index (κ1) is 20.9. The first-order valence-corrected chi connectivity index (χ1v) is 9.11. The molecular formula is C19H33N5O. The Morgan fingerprint density at radius 2 is 2.08 bits per heavy atom. The number of guanidine groups is 1. The summed E-state index contributed by atoms with van der Waals surface area (Å²) >= 11 is 0. The van der Waals surface area contributed by atoms with Gasteiger partial charge in [0.25, 0.3) is 0 Å². The molecule has 1 rings (SSSR count). The van der Waals surface area contributed by atoms with Crippen LogP contribution in [0.15, 0.2) is 29.4 Å². The number of pyridine rings is 1. The fourth-order valence-corrected chi connectivity index (χ4v) is 2.35. The Morgan fingerprint density at radius 1 is 1.28 bits per heavy atom. The number of hydrogen-bond acceptors (Lipinski definition) is 3. The average Bonchev–Trinajstić information content (AvgIpc) is 2.62. The van der Waals surface area contributed by atoms with Crippen LogP contribution in [0.1, 0.15) is 38.8 Å².